The molecular formula is C29H30F3N5O3. The Kier molecular flexibility index (Phi) is 9.24. The summed E-state index contributed by atoms with van der Waals surface area (Å²) in [4.78, 5) is 23.6. The molecule has 1 amide bonds. The van der Waals surface area contributed by atoms with Gasteiger partial charge in [0, 0.05) is 41.7 Å². The second-order valence-electron chi connectivity index (χ2n) is 9.10. The van der Waals surface area contributed by atoms with Gasteiger partial charge in [-0.2, -0.15) is 13.2 Å². The summed E-state index contributed by atoms with van der Waals surface area (Å²) in [7, 11) is 0. The number of anilines is 3. The van der Waals surface area contributed by atoms with Crippen LogP contribution in [0.25, 0.3) is 10.9 Å². The molecule has 210 valence electrons. The first-order chi connectivity index (χ1) is 19.2. The average Bonchev–Trinajstić information content (AvgIpc) is 3.44. The molecule has 1 aliphatic heterocycles. The van der Waals surface area contributed by atoms with E-state index in [4.69, 9.17) is 15.9 Å². The van der Waals surface area contributed by atoms with Crippen molar-refractivity contribution in [2.75, 3.05) is 43.5 Å². The summed E-state index contributed by atoms with van der Waals surface area (Å²) in [5.74, 6) is 2.49. The number of rotatable bonds is 10. The maximum absolute atomic E-state index is 13.3. The standard InChI is InChI=1S/C29H30F3N5O3/c1-4-19-14-20(9-10-23(19)29(30,31)32)35-28-22-15-25(36-27(38)8-7-12-37(5-2)6-3)26(16-24(22)33-18-34-28)40-21-11-13-39-17-21/h1,7-10,14-16,18,21H,5-6,11-13,17H2,2-3H3,(H,36,38)(H,33,34,35)/b8-7+. The molecule has 0 radical (unpaired) electrons. The fourth-order valence-corrected chi connectivity index (χ4v) is 4.25. The first-order valence-corrected chi connectivity index (χ1v) is 12.9. The molecule has 2 aromatic carbocycles. The predicted molar refractivity (Wildman–Crippen MR) is 148 cm³/mol. The summed E-state index contributed by atoms with van der Waals surface area (Å²) >= 11 is 0. The van der Waals surface area contributed by atoms with Crippen LogP contribution in [0.3, 0.4) is 0 Å². The van der Waals surface area contributed by atoms with Crippen molar-refractivity contribution in [3.63, 3.8) is 0 Å². The van der Waals surface area contributed by atoms with Crippen LogP contribution in [-0.4, -0.2) is 59.7 Å². The Hall–Kier alpha value is -4.14. The van der Waals surface area contributed by atoms with Gasteiger partial charge in [-0.1, -0.05) is 25.8 Å². The minimum absolute atomic E-state index is 0.180. The van der Waals surface area contributed by atoms with Crippen LogP contribution in [0, 0.1) is 12.3 Å². The Morgan fingerprint density at radius 3 is 2.73 bits per heavy atom. The van der Waals surface area contributed by atoms with Crippen molar-refractivity contribution in [1.29, 1.82) is 0 Å². The molecule has 1 saturated heterocycles. The molecule has 0 spiro atoms. The smallest absolute Gasteiger partial charge is 0.417 e. The zero-order chi connectivity index (χ0) is 28.7. The Bertz CT molecular complexity index is 1420. The topological polar surface area (TPSA) is 88.6 Å². The number of amides is 1. The van der Waals surface area contributed by atoms with Crippen molar-refractivity contribution >= 4 is 34.0 Å². The summed E-state index contributed by atoms with van der Waals surface area (Å²) in [5, 5.41) is 6.42. The lowest BCUT2D eigenvalue weighted by molar-refractivity contribution is -0.137. The molecule has 0 saturated carbocycles. The van der Waals surface area contributed by atoms with Crippen molar-refractivity contribution in [2.45, 2.75) is 32.5 Å². The molecule has 11 heteroatoms. The molecule has 0 bridgehead atoms. The second kappa shape index (κ2) is 12.8. The predicted octanol–water partition coefficient (Wildman–Crippen LogP) is 5.38. The first kappa shape index (κ1) is 28.9. The van der Waals surface area contributed by atoms with Gasteiger partial charge in [-0.3, -0.25) is 4.79 Å². The maximum atomic E-state index is 13.3. The largest absolute Gasteiger partial charge is 0.486 e. The van der Waals surface area contributed by atoms with Gasteiger partial charge in [-0.15, -0.1) is 6.42 Å². The van der Waals surface area contributed by atoms with Gasteiger partial charge in [-0.25, -0.2) is 9.97 Å². The first-order valence-electron chi connectivity index (χ1n) is 12.9. The maximum Gasteiger partial charge on any atom is 0.417 e. The van der Waals surface area contributed by atoms with E-state index in [9.17, 15) is 18.0 Å². The number of nitrogens with zero attached hydrogens (tertiary/aromatic N) is 3. The van der Waals surface area contributed by atoms with E-state index in [2.05, 4.69) is 45.3 Å². The molecule has 3 aromatic rings. The van der Waals surface area contributed by atoms with Crippen LogP contribution in [-0.2, 0) is 15.7 Å². The molecule has 8 nitrogen and oxygen atoms in total. The Morgan fingerprint density at radius 2 is 2.05 bits per heavy atom. The van der Waals surface area contributed by atoms with Crippen LogP contribution in [0.5, 0.6) is 5.75 Å². The number of ether oxygens (including phenoxy) is 2. The Balaban J connectivity index is 1.67. The number of halogens is 3. The van der Waals surface area contributed by atoms with Crippen LogP contribution < -0.4 is 15.4 Å². The summed E-state index contributed by atoms with van der Waals surface area (Å²) in [6.45, 7) is 7.48. The lowest BCUT2D eigenvalue weighted by Crippen LogP contribution is -2.23. The summed E-state index contributed by atoms with van der Waals surface area (Å²) < 4.78 is 51.4. The Labute approximate surface area is 230 Å². The zero-order valence-electron chi connectivity index (χ0n) is 22.2. The number of terminal acetylenes is 1. The van der Waals surface area contributed by atoms with E-state index in [0.29, 0.717) is 60.0 Å². The van der Waals surface area contributed by atoms with E-state index >= 15 is 0 Å². The van der Waals surface area contributed by atoms with Crippen LogP contribution in [0.1, 0.15) is 31.4 Å². The van der Waals surface area contributed by atoms with E-state index in [1.54, 1.807) is 18.2 Å². The molecule has 4 rings (SSSR count). The van der Waals surface area contributed by atoms with Crippen molar-refractivity contribution in [1.82, 2.24) is 14.9 Å². The third kappa shape index (κ3) is 7.08. The summed E-state index contributed by atoms with van der Waals surface area (Å²) in [6.07, 6.45) is 5.88. The second-order valence-corrected chi connectivity index (χ2v) is 9.10. The van der Waals surface area contributed by atoms with Gasteiger partial charge in [0.15, 0.2) is 0 Å². The fraction of sp³-hybridized carbons (Fsp3) is 0.345. The molecule has 0 aliphatic carbocycles. The van der Waals surface area contributed by atoms with Gasteiger partial charge in [0.1, 0.15) is 24.0 Å². The summed E-state index contributed by atoms with van der Waals surface area (Å²) in [6, 6.07) is 6.80. The minimum atomic E-state index is -4.57. The number of likely N-dealkylation sites (N-methyl/N-ethyl adjacent to an activating group) is 1. The number of benzene rings is 2. The molecular weight excluding hydrogens is 523 g/mol. The molecule has 2 heterocycles. The Morgan fingerprint density at radius 1 is 1.25 bits per heavy atom. The van der Waals surface area contributed by atoms with Gasteiger partial charge in [0.05, 0.1) is 30.0 Å². The quantitative estimate of drug-likeness (QED) is 0.258. The van der Waals surface area contributed by atoms with E-state index in [1.807, 2.05) is 0 Å². The zero-order valence-corrected chi connectivity index (χ0v) is 22.2. The highest BCUT2D eigenvalue weighted by Crippen LogP contribution is 2.36. The number of fused-ring (bicyclic) bond motifs is 1. The number of nitrogens with one attached hydrogen (secondary N) is 2. The molecule has 1 aromatic heterocycles. The summed E-state index contributed by atoms with van der Waals surface area (Å²) in [5.41, 5.74) is 0.0194. The highest BCUT2D eigenvalue weighted by molar-refractivity contribution is 6.03. The van der Waals surface area contributed by atoms with Gasteiger partial charge in [0.2, 0.25) is 5.91 Å². The normalized spacial score (nSPS) is 15.5. The van der Waals surface area contributed by atoms with Gasteiger partial charge in [0.25, 0.3) is 0 Å². The third-order valence-corrected chi connectivity index (χ3v) is 6.45. The van der Waals surface area contributed by atoms with Crippen molar-refractivity contribution in [3.8, 4) is 18.1 Å². The highest BCUT2D eigenvalue weighted by atomic mass is 19.4. The molecule has 1 unspecified atom stereocenters. The minimum Gasteiger partial charge on any atom is -0.486 e. The molecule has 2 N–H and O–H groups in total. The van der Waals surface area contributed by atoms with Crippen LogP contribution in [0.4, 0.5) is 30.4 Å². The van der Waals surface area contributed by atoms with Gasteiger partial charge < -0.3 is 25.0 Å². The van der Waals surface area contributed by atoms with Crippen molar-refractivity contribution in [3.05, 3.63) is 59.9 Å². The number of carbonyl (C=O) groups is 1. The number of hydrogen-bond acceptors (Lipinski definition) is 7. The number of aromatic nitrogens is 2. The number of carbonyl (C=O) groups excluding carboxylic acids is 1. The van der Waals surface area contributed by atoms with Gasteiger partial charge in [-0.05, 0) is 37.4 Å². The number of alkyl halides is 3. The average molecular weight is 554 g/mol. The molecule has 1 aliphatic rings. The van der Waals surface area contributed by atoms with Crippen LogP contribution in [0.2, 0.25) is 0 Å². The molecule has 40 heavy (non-hydrogen) atoms. The SMILES string of the molecule is C#Cc1cc(Nc2ncnc3cc(OC4CCOC4)c(NC(=O)/C=C/CN(CC)CC)cc23)ccc1C(F)(F)F. The van der Waals surface area contributed by atoms with E-state index in [-0.39, 0.29) is 17.6 Å². The fourth-order valence-electron chi connectivity index (χ4n) is 4.25. The van der Waals surface area contributed by atoms with Gasteiger partial charge >= 0.3 is 6.18 Å². The van der Waals surface area contributed by atoms with Crippen molar-refractivity contribution < 1.29 is 27.4 Å². The van der Waals surface area contributed by atoms with Crippen LogP contribution >= 0.6 is 0 Å². The van der Waals surface area contributed by atoms with E-state index < -0.39 is 11.7 Å². The third-order valence-electron chi connectivity index (χ3n) is 6.45. The lowest BCUT2D eigenvalue weighted by atomic mass is 10.1. The highest BCUT2D eigenvalue weighted by Gasteiger charge is 2.33. The lowest BCUT2D eigenvalue weighted by Gasteiger charge is -2.18. The monoisotopic (exact) mass is 553 g/mol. The van der Waals surface area contributed by atoms with Crippen LogP contribution in [0.15, 0.2) is 48.8 Å². The van der Waals surface area contributed by atoms with E-state index in [0.717, 1.165) is 19.2 Å². The van der Waals surface area contributed by atoms with Crippen molar-refractivity contribution in [2.24, 2.45) is 0 Å². The number of hydrogen-bond donors (Lipinski definition) is 2. The van der Waals surface area contributed by atoms with E-state index in [1.165, 1.54) is 24.5 Å². The molecule has 1 fully saturated rings. The molecule has 1 atom stereocenters.